The van der Waals surface area contributed by atoms with Crippen molar-refractivity contribution in [1.82, 2.24) is 24.6 Å². The number of ether oxygens (including phenoxy) is 1. The van der Waals surface area contributed by atoms with Gasteiger partial charge in [0, 0.05) is 24.8 Å². The van der Waals surface area contributed by atoms with E-state index in [1.54, 1.807) is 35.5 Å². The first kappa shape index (κ1) is 22.9. The van der Waals surface area contributed by atoms with Crippen LogP contribution in [-0.2, 0) is 16.1 Å². The first-order chi connectivity index (χ1) is 16.0. The van der Waals surface area contributed by atoms with Gasteiger partial charge in [-0.15, -0.1) is 0 Å². The fraction of sp³-hybridized carbons (Fsp3) is 0.333. The number of rotatable bonds is 8. The molecule has 0 bridgehead atoms. The van der Waals surface area contributed by atoms with Crippen molar-refractivity contribution in [2.45, 2.75) is 12.6 Å². The molecule has 0 spiro atoms. The highest BCUT2D eigenvalue weighted by Crippen LogP contribution is 2.26. The molecule has 10 nitrogen and oxygen atoms in total. The second kappa shape index (κ2) is 10.6. The summed E-state index contributed by atoms with van der Waals surface area (Å²) in [5.74, 6) is -0.0467. The maximum absolute atomic E-state index is 14.1. The highest BCUT2D eigenvalue weighted by Gasteiger charge is 2.19. The van der Waals surface area contributed by atoms with Crippen LogP contribution in [0.3, 0.4) is 0 Å². The highest BCUT2D eigenvalue weighted by atomic mass is 35.5. The molecule has 33 heavy (non-hydrogen) atoms. The second-order valence-electron chi connectivity index (χ2n) is 7.34. The van der Waals surface area contributed by atoms with Gasteiger partial charge in [-0.2, -0.15) is 10.1 Å². The van der Waals surface area contributed by atoms with E-state index >= 15 is 0 Å². The van der Waals surface area contributed by atoms with E-state index in [2.05, 4.69) is 25.7 Å². The quantitative estimate of drug-likeness (QED) is 0.454. The molecule has 3 N–H and O–H groups in total. The molecule has 1 aliphatic heterocycles. The number of aromatic nitrogens is 4. The third-order valence-corrected chi connectivity index (χ3v) is 5.35. The molecule has 3 heterocycles. The van der Waals surface area contributed by atoms with E-state index in [1.807, 2.05) is 0 Å². The van der Waals surface area contributed by atoms with Crippen LogP contribution in [0, 0.1) is 5.82 Å². The van der Waals surface area contributed by atoms with Gasteiger partial charge in [-0.25, -0.2) is 9.37 Å². The van der Waals surface area contributed by atoms with Crippen LogP contribution in [-0.4, -0.2) is 68.6 Å². The summed E-state index contributed by atoms with van der Waals surface area (Å²) in [6.45, 7) is 1.96. The van der Waals surface area contributed by atoms with Crippen LogP contribution in [0.4, 0.5) is 21.8 Å². The second-order valence-corrected chi connectivity index (χ2v) is 7.74. The van der Waals surface area contributed by atoms with E-state index < -0.39 is 11.9 Å². The van der Waals surface area contributed by atoms with Crippen molar-refractivity contribution >= 4 is 35.0 Å². The maximum atomic E-state index is 14.1. The summed E-state index contributed by atoms with van der Waals surface area (Å²) >= 11 is 6.20. The predicted octanol–water partition coefficient (Wildman–Crippen LogP) is 2.21. The van der Waals surface area contributed by atoms with E-state index in [1.165, 1.54) is 16.9 Å². The molecule has 4 rings (SSSR count). The lowest BCUT2D eigenvalue weighted by atomic mass is 10.1. The average Bonchev–Trinajstić information content (AvgIpc) is 3.27. The molecule has 0 saturated carbocycles. The fourth-order valence-corrected chi connectivity index (χ4v) is 3.51. The lowest BCUT2D eigenvalue weighted by molar-refractivity contribution is -0.136. The molecule has 1 fully saturated rings. The molecule has 174 valence electrons. The van der Waals surface area contributed by atoms with Crippen LogP contribution in [0.25, 0.3) is 0 Å². The number of carbonyl (C=O) groups excluding carboxylic acids is 1. The van der Waals surface area contributed by atoms with Crippen molar-refractivity contribution in [2.24, 2.45) is 0 Å². The van der Waals surface area contributed by atoms with Crippen LogP contribution in [0.15, 0.2) is 42.9 Å². The smallest absolute Gasteiger partial charge is 0.244 e. The lowest BCUT2D eigenvalue weighted by Crippen LogP contribution is -2.42. The number of hydrogen-bond acceptors (Lipinski definition) is 8. The zero-order valence-corrected chi connectivity index (χ0v) is 18.4. The number of aliphatic hydroxyl groups excluding tert-OH is 1. The monoisotopic (exact) mass is 475 g/mol. The van der Waals surface area contributed by atoms with Crippen molar-refractivity contribution in [3.8, 4) is 0 Å². The number of anilines is 3. The number of benzene rings is 1. The van der Waals surface area contributed by atoms with Crippen LogP contribution >= 0.6 is 11.6 Å². The Kier molecular flexibility index (Phi) is 7.33. The van der Waals surface area contributed by atoms with Crippen molar-refractivity contribution in [1.29, 1.82) is 0 Å². The molecule has 1 aromatic carbocycles. The number of morpholine rings is 1. The molecule has 0 aliphatic carbocycles. The minimum atomic E-state index is -0.750. The van der Waals surface area contributed by atoms with Gasteiger partial charge in [-0.1, -0.05) is 29.8 Å². The molecule has 12 heteroatoms. The van der Waals surface area contributed by atoms with E-state index in [4.69, 9.17) is 16.3 Å². The summed E-state index contributed by atoms with van der Waals surface area (Å²) < 4.78 is 20.9. The third kappa shape index (κ3) is 5.75. The Morgan fingerprint density at radius 2 is 2.06 bits per heavy atom. The molecular weight excluding hydrogens is 453 g/mol. The molecule has 3 aromatic rings. The van der Waals surface area contributed by atoms with Gasteiger partial charge in [0.15, 0.2) is 5.82 Å². The predicted molar refractivity (Wildman–Crippen MR) is 120 cm³/mol. The first-order valence-corrected chi connectivity index (χ1v) is 10.7. The van der Waals surface area contributed by atoms with Gasteiger partial charge in [0.1, 0.15) is 17.4 Å². The van der Waals surface area contributed by atoms with Gasteiger partial charge in [-0.05, 0) is 6.07 Å². The molecule has 1 atom stereocenters. The third-order valence-electron chi connectivity index (χ3n) is 5.07. The normalized spacial score (nSPS) is 14.7. The summed E-state index contributed by atoms with van der Waals surface area (Å²) in [7, 11) is 0. The Bertz CT molecular complexity index is 1110. The largest absolute Gasteiger partial charge is 0.394 e. The Labute approximate surface area is 194 Å². The summed E-state index contributed by atoms with van der Waals surface area (Å²) in [4.78, 5) is 22.6. The van der Waals surface area contributed by atoms with Gasteiger partial charge in [0.05, 0.1) is 43.9 Å². The van der Waals surface area contributed by atoms with Crippen LogP contribution in [0.2, 0.25) is 5.02 Å². The summed E-state index contributed by atoms with van der Waals surface area (Å²) in [5.41, 5.74) is 0.862. The van der Waals surface area contributed by atoms with E-state index in [0.717, 1.165) is 0 Å². The van der Waals surface area contributed by atoms with Crippen LogP contribution in [0.1, 0.15) is 11.6 Å². The molecular formula is C21H23ClFN7O3. The SMILES string of the molecule is O=C(Cn1cc(Nc2ncc(Cl)c(NC(CO)c3ccccc3F)n2)cn1)N1CCOCC1. The van der Waals surface area contributed by atoms with Crippen molar-refractivity contribution in [3.05, 3.63) is 59.3 Å². The van der Waals surface area contributed by atoms with E-state index in [-0.39, 0.29) is 41.4 Å². The van der Waals surface area contributed by atoms with Crippen LogP contribution < -0.4 is 10.6 Å². The standard InChI is InChI=1S/C21H23ClFN7O3/c22-16-10-24-21(28-20(16)27-18(13-31)15-3-1-2-4-17(15)23)26-14-9-25-30(11-14)12-19(32)29-5-7-33-8-6-29/h1-4,9-11,18,31H,5-8,12-13H2,(H2,24,26,27,28). The Morgan fingerprint density at radius 1 is 1.27 bits per heavy atom. The Hall–Kier alpha value is -3.28. The van der Waals surface area contributed by atoms with Gasteiger partial charge >= 0.3 is 0 Å². The average molecular weight is 476 g/mol. The zero-order chi connectivity index (χ0) is 23.2. The van der Waals surface area contributed by atoms with Crippen molar-refractivity contribution < 1.29 is 19.0 Å². The Balaban J connectivity index is 1.43. The van der Waals surface area contributed by atoms with Crippen molar-refractivity contribution in [2.75, 3.05) is 43.5 Å². The summed E-state index contributed by atoms with van der Waals surface area (Å²) in [5, 5.41) is 20.1. The highest BCUT2D eigenvalue weighted by molar-refractivity contribution is 6.32. The zero-order valence-electron chi connectivity index (χ0n) is 17.6. The number of carbonyl (C=O) groups is 1. The lowest BCUT2D eigenvalue weighted by Gasteiger charge is -2.26. The number of nitrogens with one attached hydrogen (secondary N) is 2. The van der Waals surface area contributed by atoms with E-state index in [0.29, 0.717) is 32.0 Å². The number of aliphatic hydroxyl groups is 1. The first-order valence-electron chi connectivity index (χ1n) is 10.3. The topological polar surface area (TPSA) is 117 Å². The van der Waals surface area contributed by atoms with Gasteiger partial charge in [0.2, 0.25) is 11.9 Å². The summed E-state index contributed by atoms with van der Waals surface area (Å²) in [6.07, 6.45) is 4.61. The molecule has 1 unspecified atom stereocenters. The molecule has 1 saturated heterocycles. The molecule has 1 aliphatic rings. The van der Waals surface area contributed by atoms with Crippen molar-refractivity contribution in [3.63, 3.8) is 0 Å². The minimum absolute atomic E-state index is 0.0367. The van der Waals surface area contributed by atoms with Crippen LogP contribution in [0.5, 0.6) is 0 Å². The minimum Gasteiger partial charge on any atom is -0.394 e. The molecule has 0 radical (unpaired) electrons. The molecule has 1 amide bonds. The van der Waals surface area contributed by atoms with Gasteiger partial charge in [0.25, 0.3) is 0 Å². The fourth-order valence-electron chi connectivity index (χ4n) is 3.37. The Morgan fingerprint density at radius 3 is 2.82 bits per heavy atom. The van der Waals surface area contributed by atoms with Gasteiger partial charge < -0.3 is 25.4 Å². The number of amides is 1. The number of halogens is 2. The number of nitrogens with zero attached hydrogens (tertiary/aromatic N) is 5. The summed E-state index contributed by atoms with van der Waals surface area (Å²) in [6, 6.07) is 5.39. The molecule has 2 aromatic heterocycles. The maximum Gasteiger partial charge on any atom is 0.244 e. The van der Waals surface area contributed by atoms with Gasteiger partial charge in [-0.3, -0.25) is 9.48 Å². The van der Waals surface area contributed by atoms with E-state index in [9.17, 15) is 14.3 Å². The number of hydrogen-bond donors (Lipinski definition) is 3.